The molecule has 1 aromatic rings. The average Bonchev–Trinajstić information content (AvgIpc) is 2.48. The Morgan fingerprint density at radius 1 is 1.69 bits per heavy atom. The Morgan fingerprint density at radius 2 is 2.54 bits per heavy atom. The number of thioether (sulfide) groups is 1. The number of carboxylic acid groups (broad SMARTS) is 1. The van der Waals surface area contributed by atoms with Gasteiger partial charge in [-0.2, -0.15) is 0 Å². The Morgan fingerprint density at radius 3 is 3.00 bits per heavy atom. The highest BCUT2D eigenvalue weighted by molar-refractivity contribution is 7.99. The van der Waals surface area contributed by atoms with Gasteiger partial charge in [0.1, 0.15) is 6.26 Å². The minimum absolute atomic E-state index is 0.135. The number of aliphatic carboxylic acids is 1. The summed E-state index contributed by atoms with van der Waals surface area (Å²) in [6.45, 7) is 0. The van der Waals surface area contributed by atoms with Crippen molar-refractivity contribution < 1.29 is 14.3 Å². The predicted molar refractivity (Wildman–Crippen MR) is 46.5 cm³/mol. The quantitative estimate of drug-likeness (QED) is 0.801. The average molecular weight is 199 g/mol. The van der Waals surface area contributed by atoms with E-state index in [9.17, 15) is 4.79 Å². The van der Waals surface area contributed by atoms with E-state index in [4.69, 9.17) is 9.52 Å². The molecule has 1 aliphatic carbocycles. The number of nitrogens with zero attached hydrogens (tertiary/aromatic N) is 1. The number of carboxylic acids is 1. The van der Waals surface area contributed by atoms with Gasteiger partial charge in [0.05, 0.1) is 12.1 Å². The van der Waals surface area contributed by atoms with E-state index >= 15 is 0 Å². The molecule has 2 atom stereocenters. The molecular formula is C8H9NO3S. The molecule has 1 N–H and O–H groups in total. The third-order valence-corrected chi connectivity index (χ3v) is 3.46. The SMILES string of the molecule is O=C(O)C1CCC1Sc1ncco1. The molecule has 0 radical (unpaired) electrons. The molecule has 0 spiro atoms. The zero-order valence-electron chi connectivity index (χ0n) is 6.84. The first kappa shape index (κ1) is 8.62. The van der Waals surface area contributed by atoms with Crippen LogP contribution in [0.5, 0.6) is 0 Å². The van der Waals surface area contributed by atoms with Gasteiger partial charge in [0, 0.05) is 5.25 Å². The van der Waals surface area contributed by atoms with Crippen LogP contribution in [0.4, 0.5) is 0 Å². The summed E-state index contributed by atoms with van der Waals surface area (Å²) in [6.07, 6.45) is 4.77. The molecule has 0 aromatic carbocycles. The van der Waals surface area contributed by atoms with Crippen LogP contribution in [0.1, 0.15) is 12.8 Å². The molecule has 0 amide bonds. The third kappa shape index (κ3) is 1.70. The molecule has 1 aromatic heterocycles. The van der Waals surface area contributed by atoms with Crippen LogP contribution in [0, 0.1) is 5.92 Å². The third-order valence-electron chi connectivity index (χ3n) is 2.19. The molecule has 1 heterocycles. The Kier molecular flexibility index (Phi) is 2.26. The van der Waals surface area contributed by atoms with E-state index in [2.05, 4.69) is 4.98 Å². The molecule has 70 valence electrons. The standard InChI is InChI=1S/C8H9NO3S/c10-7(11)5-1-2-6(5)13-8-9-3-4-12-8/h3-6H,1-2H2,(H,10,11). The summed E-state index contributed by atoms with van der Waals surface area (Å²) in [7, 11) is 0. The largest absolute Gasteiger partial charge is 0.481 e. The normalized spacial score (nSPS) is 26.8. The van der Waals surface area contributed by atoms with Gasteiger partial charge in [0.2, 0.25) is 0 Å². The summed E-state index contributed by atoms with van der Waals surface area (Å²) in [5, 5.41) is 9.47. The van der Waals surface area contributed by atoms with Gasteiger partial charge in [-0.3, -0.25) is 4.79 Å². The van der Waals surface area contributed by atoms with Crippen molar-refractivity contribution in [3.8, 4) is 0 Å². The molecule has 0 aliphatic heterocycles. The van der Waals surface area contributed by atoms with Crippen LogP contribution in [-0.4, -0.2) is 21.3 Å². The molecule has 2 rings (SSSR count). The van der Waals surface area contributed by atoms with Crippen molar-refractivity contribution in [2.45, 2.75) is 23.3 Å². The first-order valence-electron chi connectivity index (χ1n) is 4.06. The van der Waals surface area contributed by atoms with Crippen LogP contribution in [0.3, 0.4) is 0 Å². The lowest BCUT2D eigenvalue weighted by molar-refractivity contribution is -0.144. The van der Waals surface area contributed by atoms with Gasteiger partial charge in [-0.1, -0.05) is 11.8 Å². The lowest BCUT2D eigenvalue weighted by atomic mass is 9.85. The van der Waals surface area contributed by atoms with E-state index < -0.39 is 5.97 Å². The maximum atomic E-state index is 10.7. The summed E-state index contributed by atoms with van der Waals surface area (Å²) in [5.41, 5.74) is 0. The van der Waals surface area contributed by atoms with E-state index in [1.807, 2.05) is 0 Å². The molecule has 0 bridgehead atoms. The van der Waals surface area contributed by atoms with E-state index in [0.717, 1.165) is 12.8 Å². The number of hydrogen-bond donors (Lipinski definition) is 1. The van der Waals surface area contributed by atoms with Gasteiger partial charge in [0.25, 0.3) is 5.22 Å². The number of hydrogen-bond acceptors (Lipinski definition) is 4. The van der Waals surface area contributed by atoms with Crippen molar-refractivity contribution >= 4 is 17.7 Å². The molecule has 5 heteroatoms. The summed E-state index contributed by atoms with van der Waals surface area (Å²) in [6, 6.07) is 0. The van der Waals surface area contributed by atoms with Crippen molar-refractivity contribution in [3.63, 3.8) is 0 Å². The van der Waals surface area contributed by atoms with Crippen molar-refractivity contribution in [2.24, 2.45) is 5.92 Å². The van der Waals surface area contributed by atoms with Gasteiger partial charge >= 0.3 is 5.97 Å². The maximum Gasteiger partial charge on any atom is 0.307 e. The van der Waals surface area contributed by atoms with Gasteiger partial charge in [-0.15, -0.1) is 0 Å². The number of rotatable bonds is 3. The van der Waals surface area contributed by atoms with Crippen LogP contribution >= 0.6 is 11.8 Å². The predicted octanol–water partition coefficient (Wildman–Crippen LogP) is 1.63. The summed E-state index contributed by atoms with van der Waals surface area (Å²) in [5.74, 6) is -0.938. The summed E-state index contributed by atoms with van der Waals surface area (Å²) in [4.78, 5) is 14.6. The smallest absolute Gasteiger partial charge is 0.307 e. The Hall–Kier alpha value is -0.970. The minimum Gasteiger partial charge on any atom is -0.481 e. The Balaban J connectivity index is 1.93. The number of carbonyl (C=O) groups is 1. The topological polar surface area (TPSA) is 63.3 Å². The van der Waals surface area contributed by atoms with E-state index in [0.29, 0.717) is 5.22 Å². The molecule has 1 fully saturated rings. The van der Waals surface area contributed by atoms with Crippen molar-refractivity contribution in [3.05, 3.63) is 12.5 Å². The van der Waals surface area contributed by atoms with Crippen LogP contribution in [0.25, 0.3) is 0 Å². The molecule has 4 nitrogen and oxygen atoms in total. The zero-order valence-corrected chi connectivity index (χ0v) is 7.66. The van der Waals surface area contributed by atoms with Crippen LogP contribution in [0.15, 0.2) is 22.1 Å². The summed E-state index contributed by atoms with van der Waals surface area (Å²) >= 11 is 1.41. The highest BCUT2D eigenvalue weighted by Crippen LogP contribution is 2.40. The lowest BCUT2D eigenvalue weighted by Gasteiger charge is -2.31. The molecule has 0 saturated heterocycles. The highest BCUT2D eigenvalue weighted by Gasteiger charge is 2.38. The fourth-order valence-corrected chi connectivity index (χ4v) is 2.45. The molecule has 13 heavy (non-hydrogen) atoms. The highest BCUT2D eigenvalue weighted by atomic mass is 32.2. The number of oxazole rings is 1. The van der Waals surface area contributed by atoms with E-state index in [1.165, 1.54) is 18.0 Å². The van der Waals surface area contributed by atoms with Crippen molar-refractivity contribution in [1.82, 2.24) is 4.98 Å². The molecule has 1 saturated carbocycles. The van der Waals surface area contributed by atoms with Gasteiger partial charge in [-0.05, 0) is 12.8 Å². The van der Waals surface area contributed by atoms with Gasteiger partial charge < -0.3 is 9.52 Å². The Labute approximate surface area is 79.3 Å². The minimum atomic E-state index is -0.713. The first-order valence-corrected chi connectivity index (χ1v) is 4.94. The van der Waals surface area contributed by atoms with Crippen molar-refractivity contribution in [1.29, 1.82) is 0 Å². The van der Waals surface area contributed by atoms with Gasteiger partial charge in [0.15, 0.2) is 0 Å². The van der Waals surface area contributed by atoms with Gasteiger partial charge in [-0.25, -0.2) is 4.98 Å². The second-order valence-electron chi connectivity index (χ2n) is 2.98. The maximum absolute atomic E-state index is 10.7. The van der Waals surface area contributed by atoms with Crippen molar-refractivity contribution in [2.75, 3.05) is 0 Å². The molecule has 1 aliphatic rings. The Bertz CT molecular complexity index is 298. The number of aromatic nitrogens is 1. The van der Waals surface area contributed by atoms with Crippen LogP contribution in [-0.2, 0) is 4.79 Å². The first-order chi connectivity index (χ1) is 6.27. The monoisotopic (exact) mass is 199 g/mol. The van der Waals surface area contributed by atoms with E-state index in [-0.39, 0.29) is 11.2 Å². The second kappa shape index (κ2) is 3.41. The molecule has 2 unspecified atom stereocenters. The fourth-order valence-electron chi connectivity index (χ4n) is 1.29. The second-order valence-corrected chi connectivity index (χ2v) is 4.17. The fraction of sp³-hybridized carbons (Fsp3) is 0.500. The van der Waals surface area contributed by atoms with E-state index in [1.54, 1.807) is 6.20 Å². The lowest BCUT2D eigenvalue weighted by Crippen LogP contribution is -2.35. The molecular weight excluding hydrogens is 190 g/mol. The van der Waals surface area contributed by atoms with Crippen LogP contribution < -0.4 is 0 Å². The zero-order chi connectivity index (χ0) is 9.26. The van der Waals surface area contributed by atoms with Crippen LogP contribution in [0.2, 0.25) is 0 Å². The summed E-state index contributed by atoms with van der Waals surface area (Å²) < 4.78 is 5.03.